The van der Waals surface area contributed by atoms with Crippen molar-refractivity contribution in [2.75, 3.05) is 23.8 Å². The molecule has 0 radical (unpaired) electrons. The number of nitro benzene ring substituents is 1. The number of nitrogens with zero attached hydrogens (tertiary/aromatic N) is 2. The van der Waals surface area contributed by atoms with E-state index in [1.807, 2.05) is 0 Å². The highest BCUT2D eigenvalue weighted by Crippen LogP contribution is 2.31. The highest BCUT2D eigenvalue weighted by Gasteiger charge is 2.23. The summed E-state index contributed by atoms with van der Waals surface area (Å²) in [7, 11) is 0. The fraction of sp³-hybridized carbons (Fsp3) is 0.538. The van der Waals surface area contributed by atoms with Crippen LogP contribution in [0, 0.1) is 10.1 Å². The maximum absolute atomic E-state index is 10.7. The third-order valence-corrected chi connectivity index (χ3v) is 3.62. The summed E-state index contributed by atoms with van der Waals surface area (Å²) in [5, 5.41) is 20.2. The minimum atomic E-state index is -0.452. The maximum Gasteiger partial charge on any atom is 0.271 e. The predicted molar refractivity (Wildman–Crippen MR) is 74.2 cm³/mol. The van der Waals surface area contributed by atoms with Crippen molar-refractivity contribution in [1.82, 2.24) is 0 Å². The Labute approximate surface area is 112 Å². The molecule has 1 fully saturated rings. The molecule has 1 unspecified atom stereocenters. The summed E-state index contributed by atoms with van der Waals surface area (Å²) < 4.78 is 0. The third kappa shape index (κ3) is 2.96. The van der Waals surface area contributed by atoms with E-state index >= 15 is 0 Å². The summed E-state index contributed by atoms with van der Waals surface area (Å²) in [6, 6.07) is 4.58. The van der Waals surface area contributed by atoms with E-state index in [0.29, 0.717) is 5.69 Å². The van der Waals surface area contributed by atoms with Crippen LogP contribution >= 0.6 is 0 Å². The van der Waals surface area contributed by atoms with E-state index < -0.39 is 4.92 Å². The zero-order valence-electron chi connectivity index (χ0n) is 10.8. The number of nitrogens with two attached hydrogens (primary N) is 1. The SMILES string of the molecule is Nc1cc([N+](=O)[O-])ccc1N1CCCCCC1CO. The minimum absolute atomic E-state index is 0.00313. The molecule has 19 heavy (non-hydrogen) atoms. The van der Waals surface area contributed by atoms with E-state index in [9.17, 15) is 15.2 Å². The summed E-state index contributed by atoms with van der Waals surface area (Å²) in [5.74, 6) is 0. The lowest BCUT2D eigenvalue weighted by Crippen LogP contribution is -2.38. The van der Waals surface area contributed by atoms with Gasteiger partial charge in [0.05, 0.1) is 28.9 Å². The van der Waals surface area contributed by atoms with Crippen LogP contribution < -0.4 is 10.6 Å². The van der Waals surface area contributed by atoms with E-state index in [4.69, 9.17) is 5.73 Å². The summed E-state index contributed by atoms with van der Waals surface area (Å²) in [5.41, 5.74) is 7.11. The topological polar surface area (TPSA) is 92.6 Å². The van der Waals surface area contributed by atoms with Gasteiger partial charge in [0.2, 0.25) is 0 Å². The smallest absolute Gasteiger partial charge is 0.271 e. The van der Waals surface area contributed by atoms with Crippen molar-refractivity contribution in [3.63, 3.8) is 0 Å². The molecule has 0 spiro atoms. The zero-order valence-corrected chi connectivity index (χ0v) is 10.8. The molecule has 0 aliphatic carbocycles. The molecule has 1 aliphatic heterocycles. The molecule has 1 aliphatic rings. The second kappa shape index (κ2) is 5.88. The molecule has 2 rings (SSSR count). The van der Waals surface area contributed by atoms with Crippen LogP contribution in [0.3, 0.4) is 0 Å². The Kier molecular flexibility index (Phi) is 4.21. The van der Waals surface area contributed by atoms with Crippen LogP contribution in [0.15, 0.2) is 18.2 Å². The molecule has 6 heteroatoms. The number of aliphatic hydroxyl groups excluding tert-OH is 1. The lowest BCUT2D eigenvalue weighted by Gasteiger charge is -2.31. The first-order valence-corrected chi connectivity index (χ1v) is 6.55. The number of rotatable bonds is 3. The van der Waals surface area contributed by atoms with Gasteiger partial charge in [-0.15, -0.1) is 0 Å². The lowest BCUT2D eigenvalue weighted by atomic mass is 10.1. The Morgan fingerprint density at radius 2 is 2.21 bits per heavy atom. The number of anilines is 2. The first-order chi connectivity index (χ1) is 9.13. The Bertz CT molecular complexity index is 464. The van der Waals surface area contributed by atoms with Crippen molar-refractivity contribution in [3.05, 3.63) is 28.3 Å². The molecule has 6 nitrogen and oxygen atoms in total. The highest BCUT2D eigenvalue weighted by atomic mass is 16.6. The number of nitrogen functional groups attached to an aromatic ring is 1. The molecule has 1 aromatic rings. The third-order valence-electron chi connectivity index (χ3n) is 3.62. The first kappa shape index (κ1) is 13.6. The van der Waals surface area contributed by atoms with Gasteiger partial charge in [0.25, 0.3) is 5.69 Å². The van der Waals surface area contributed by atoms with Gasteiger partial charge in [-0.25, -0.2) is 0 Å². The Balaban J connectivity index is 2.30. The Hall–Kier alpha value is -1.82. The molecule has 0 bridgehead atoms. The van der Waals surface area contributed by atoms with Crippen LogP contribution in [0.1, 0.15) is 25.7 Å². The Morgan fingerprint density at radius 3 is 2.84 bits per heavy atom. The molecular formula is C13H19N3O3. The fourth-order valence-corrected chi connectivity index (χ4v) is 2.60. The summed E-state index contributed by atoms with van der Waals surface area (Å²) in [4.78, 5) is 12.3. The standard InChI is InChI=1S/C13H19N3O3/c14-12-8-10(16(18)19)5-6-13(12)15-7-3-1-2-4-11(15)9-17/h5-6,8,11,17H,1-4,7,9,14H2. The van der Waals surface area contributed by atoms with E-state index in [-0.39, 0.29) is 18.3 Å². The van der Waals surface area contributed by atoms with E-state index in [1.165, 1.54) is 12.1 Å². The van der Waals surface area contributed by atoms with Gasteiger partial charge in [0.1, 0.15) is 0 Å². The predicted octanol–water partition coefficient (Wildman–Crippen LogP) is 1.92. The molecule has 1 heterocycles. The molecule has 1 aromatic carbocycles. The zero-order chi connectivity index (χ0) is 13.8. The molecule has 0 aromatic heterocycles. The molecule has 3 N–H and O–H groups in total. The number of hydrogen-bond donors (Lipinski definition) is 2. The monoisotopic (exact) mass is 265 g/mol. The quantitative estimate of drug-likeness (QED) is 0.495. The van der Waals surface area contributed by atoms with Crippen molar-refractivity contribution in [2.24, 2.45) is 0 Å². The average molecular weight is 265 g/mol. The van der Waals surface area contributed by atoms with Gasteiger partial charge in [-0.1, -0.05) is 12.8 Å². The van der Waals surface area contributed by atoms with Gasteiger partial charge < -0.3 is 15.7 Å². The molecule has 1 atom stereocenters. The van der Waals surface area contributed by atoms with Crippen LogP contribution in [0.2, 0.25) is 0 Å². The number of non-ortho nitro benzene ring substituents is 1. The van der Waals surface area contributed by atoms with Crippen LogP contribution in [-0.4, -0.2) is 29.2 Å². The summed E-state index contributed by atoms with van der Waals surface area (Å²) in [6.45, 7) is 0.906. The van der Waals surface area contributed by atoms with Gasteiger partial charge in [0.15, 0.2) is 0 Å². The normalized spacial score (nSPS) is 20.1. The van der Waals surface area contributed by atoms with Crippen molar-refractivity contribution < 1.29 is 10.0 Å². The largest absolute Gasteiger partial charge is 0.397 e. The van der Waals surface area contributed by atoms with Gasteiger partial charge in [-0.05, 0) is 18.9 Å². The molecule has 1 saturated heterocycles. The summed E-state index contributed by atoms with van der Waals surface area (Å²) >= 11 is 0. The number of hydrogen-bond acceptors (Lipinski definition) is 5. The van der Waals surface area contributed by atoms with Gasteiger partial charge in [0, 0.05) is 18.7 Å². The maximum atomic E-state index is 10.7. The van der Waals surface area contributed by atoms with E-state index in [0.717, 1.165) is 37.9 Å². The van der Waals surface area contributed by atoms with Crippen molar-refractivity contribution in [2.45, 2.75) is 31.7 Å². The molecule has 0 saturated carbocycles. The number of nitro groups is 1. The second-order valence-electron chi connectivity index (χ2n) is 4.88. The highest BCUT2D eigenvalue weighted by molar-refractivity contribution is 5.71. The van der Waals surface area contributed by atoms with Crippen LogP contribution in [0.25, 0.3) is 0 Å². The molecule has 0 amide bonds. The van der Waals surface area contributed by atoms with Gasteiger partial charge in [-0.2, -0.15) is 0 Å². The molecular weight excluding hydrogens is 246 g/mol. The number of aliphatic hydroxyl groups is 1. The number of benzene rings is 1. The average Bonchev–Trinajstić information content (AvgIpc) is 2.63. The summed E-state index contributed by atoms with van der Waals surface area (Å²) in [6.07, 6.45) is 4.20. The second-order valence-corrected chi connectivity index (χ2v) is 4.88. The van der Waals surface area contributed by atoms with Crippen molar-refractivity contribution >= 4 is 17.1 Å². The van der Waals surface area contributed by atoms with Crippen molar-refractivity contribution in [3.8, 4) is 0 Å². The van der Waals surface area contributed by atoms with Crippen LogP contribution in [0.5, 0.6) is 0 Å². The first-order valence-electron chi connectivity index (χ1n) is 6.55. The van der Waals surface area contributed by atoms with E-state index in [2.05, 4.69) is 4.90 Å². The fourth-order valence-electron chi connectivity index (χ4n) is 2.60. The lowest BCUT2D eigenvalue weighted by molar-refractivity contribution is -0.384. The van der Waals surface area contributed by atoms with Gasteiger partial charge >= 0.3 is 0 Å². The van der Waals surface area contributed by atoms with Crippen LogP contribution in [-0.2, 0) is 0 Å². The molecule has 104 valence electrons. The minimum Gasteiger partial charge on any atom is -0.397 e. The van der Waals surface area contributed by atoms with Crippen molar-refractivity contribution in [1.29, 1.82) is 0 Å². The Morgan fingerprint density at radius 1 is 1.42 bits per heavy atom. The van der Waals surface area contributed by atoms with E-state index in [1.54, 1.807) is 6.07 Å². The van der Waals surface area contributed by atoms with Gasteiger partial charge in [-0.3, -0.25) is 10.1 Å². The van der Waals surface area contributed by atoms with Crippen LogP contribution in [0.4, 0.5) is 17.1 Å².